The summed E-state index contributed by atoms with van der Waals surface area (Å²) in [7, 11) is 0. The summed E-state index contributed by atoms with van der Waals surface area (Å²) in [5, 5.41) is 14.2. The summed E-state index contributed by atoms with van der Waals surface area (Å²) in [4.78, 5) is 34.6. The Hall–Kier alpha value is -2.06. The molecule has 1 aliphatic rings. The molecule has 1 aromatic rings. The van der Waals surface area contributed by atoms with E-state index in [0.29, 0.717) is 12.0 Å². The first kappa shape index (κ1) is 18.3. The van der Waals surface area contributed by atoms with E-state index in [9.17, 15) is 19.5 Å². The highest BCUT2D eigenvalue weighted by molar-refractivity contribution is 8.01. The molecular formula is C16H20N2O5S. The number of hydrogen-bond donors (Lipinski definition) is 3. The van der Waals surface area contributed by atoms with Gasteiger partial charge in [-0.2, -0.15) is 0 Å². The molecule has 130 valence electrons. The van der Waals surface area contributed by atoms with E-state index in [1.807, 2.05) is 6.07 Å². The Morgan fingerprint density at radius 2 is 2.08 bits per heavy atom. The number of hydrogen-bond acceptors (Lipinski definition) is 6. The highest BCUT2D eigenvalue weighted by Gasteiger charge is 2.47. The lowest BCUT2D eigenvalue weighted by Gasteiger charge is -2.21. The number of carbonyl (C=O) groups excluding carboxylic acids is 2. The van der Waals surface area contributed by atoms with Crippen molar-refractivity contribution in [1.29, 1.82) is 0 Å². The van der Waals surface area contributed by atoms with Crippen molar-refractivity contribution in [2.24, 2.45) is 0 Å². The monoisotopic (exact) mass is 352 g/mol. The Bertz CT molecular complexity index is 608. The number of benzene rings is 1. The smallest absolute Gasteiger partial charge is 0.322 e. The van der Waals surface area contributed by atoms with Crippen LogP contribution in [0.15, 0.2) is 30.3 Å². The van der Waals surface area contributed by atoms with Crippen molar-refractivity contribution in [2.45, 2.75) is 36.1 Å². The molecule has 0 radical (unpaired) electrons. The maximum absolute atomic E-state index is 12.0. The Morgan fingerprint density at radius 1 is 1.42 bits per heavy atom. The zero-order valence-electron chi connectivity index (χ0n) is 13.4. The predicted octanol–water partition coefficient (Wildman–Crippen LogP) is 0.643. The van der Waals surface area contributed by atoms with Crippen LogP contribution in [0, 0.1) is 0 Å². The lowest BCUT2D eigenvalue weighted by atomic mass is 10.0. The highest BCUT2D eigenvalue weighted by atomic mass is 32.2. The van der Waals surface area contributed by atoms with E-state index in [1.165, 1.54) is 11.8 Å². The lowest BCUT2D eigenvalue weighted by Crippen LogP contribution is -2.52. The molecule has 8 heteroatoms. The van der Waals surface area contributed by atoms with Crippen LogP contribution in [-0.4, -0.2) is 52.1 Å². The third-order valence-electron chi connectivity index (χ3n) is 3.62. The molecule has 1 amide bonds. The van der Waals surface area contributed by atoms with E-state index in [1.54, 1.807) is 38.1 Å². The maximum Gasteiger partial charge on any atom is 0.322 e. The fourth-order valence-electron chi connectivity index (χ4n) is 2.41. The Kier molecular flexibility index (Phi) is 5.84. The summed E-state index contributed by atoms with van der Waals surface area (Å²) < 4.78 is 4.73. The van der Waals surface area contributed by atoms with Gasteiger partial charge in [-0.15, -0.1) is 11.8 Å². The van der Waals surface area contributed by atoms with Crippen molar-refractivity contribution in [2.75, 3.05) is 6.61 Å². The van der Waals surface area contributed by atoms with Crippen molar-refractivity contribution >= 4 is 29.9 Å². The number of ether oxygens (including phenoxy) is 1. The molecule has 1 fully saturated rings. The van der Waals surface area contributed by atoms with Crippen LogP contribution in [0.2, 0.25) is 0 Å². The van der Waals surface area contributed by atoms with Crippen LogP contribution in [0.25, 0.3) is 0 Å². The van der Waals surface area contributed by atoms with Crippen LogP contribution in [-0.2, 0) is 14.4 Å². The number of carboxylic acids is 1. The average molecular weight is 352 g/mol. The van der Waals surface area contributed by atoms with Crippen LogP contribution in [0.1, 0.15) is 13.8 Å². The molecule has 3 unspecified atom stereocenters. The molecule has 0 spiro atoms. The lowest BCUT2D eigenvalue weighted by molar-refractivity contribution is -0.140. The molecule has 24 heavy (non-hydrogen) atoms. The van der Waals surface area contributed by atoms with Gasteiger partial charge in [-0.25, -0.2) is 0 Å². The van der Waals surface area contributed by atoms with E-state index >= 15 is 0 Å². The van der Waals surface area contributed by atoms with Gasteiger partial charge < -0.3 is 20.0 Å². The quantitative estimate of drug-likeness (QED) is 0.619. The first-order valence-electron chi connectivity index (χ1n) is 7.42. The third-order valence-corrected chi connectivity index (χ3v) is 5.14. The SMILES string of the molecule is CC1(C)SC(C(C=O)NC(=O)COc2ccccc2)NC1C(=O)O. The van der Waals surface area contributed by atoms with Crippen molar-refractivity contribution in [1.82, 2.24) is 10.6 Å². The number of thioether (sulfide) groups is 1. The first-order valence-corrected chi connectivity index (χ1v) is 8.30. The summed E-state index contributed by atoms with van der Waals surface area (Å²) in [6.07, 6.45) is 0.603. The maximum atomic E-state index is 12.0. The molecule has 2 rings (SSSR count). The van der Waals surface area contributed by atoms with Gasteiger partial charge >= 0.3 is 5.97 Å². The van der Waals surface area contributed by atoms with Gasteiger partial charge in [0.15, 0.2) is 6.61 Å². The minimum atomic E-state index is -0.988. The summed E-state index contributed by atoms with van der Waals surface area (Å²) >= 11 is 1.31. The van der Waals surface area contributed by atoms with E-state index < -0.39 is 34.1 Å². The fourth-order valence-corrected chi connectivity index (χ4v) is 3.86. The van der Waals surface area contributed by atoms with Gasteiger partial charge in [-0.3, -0.25) is 14.9 Å². The van der Waals surface area contributed by atoms with Crippen LogP contribution in [0.4, 0.5) is 0 Å². The van der Waals surface area contributed by atoms with E-state index in [2.05, 4.69) is 10.6 Å². The second-order valence-electron chi connectivity index (χ2n) is 5.91. The summed E-state index contributed by atoms with van der Waals surface area (Å²) in [6, 6.07) is 7.21. The fraction of sp³-hybridized carbons (Fsp3) is 0.438. The topological polar surface area (TPSA) is 105 Å². The van der Waals surface area contributed by atoms with Crippen molar-refractivity contribution in [3.05, 3.63) is 30.3 Å². The van der Waals surface area contributed by atoms with Gasteiger partial charge in [0, 0.05) is 4.75 Å². The van der Waals surface area contributed by atoms with Gasteiger partial charge in [0.1, 0.15) is 24.1 Å². The molecule has 3 atom stereocenters. The minimum absolute atomic E-state index is 0.225. The van der Waals surface area contributed by atoms with Gasteiger partial charge in [0.25, 0.3) is 5.91 Å². The van der Waals surface area contributed by atoms with Crippen LogP contribution >= 0.6 is 11.8 Å². The number of aldehydes is 1. The van der Waals surface area contributed by atoms with E-state index in [0.717, 1.165) is 0 Å². The van der Waals surface area contributed by atoms with Crippen molar-refractivity contribution < 1.29 is 24.2 Å². The van der Waals surface area contributed by atoms with Crippen LogP contribution in [0.5, 0.6) is 5.75 Å². The normalized spacial score (nSPS) is 23.2. The van der Waals surface area contributed by atoms with Crippen molar-refractivity contribution in [3.63, 3.8) is 0 Å². The molecule has 3 N–H and O–H groups in total. The molecule has 0 aromatic heterocycles. The third kappa shape index (κ3) is 4.48. The van der Waals surface area contributed by atoms with Gasteiger partial charge in [-0.05, 0) is 26.0 Å². The second kappa shape index (κ2) is 7.67. The molecule has 1 saturated heterocycles. The summed E-state index contributed by atoms with van der Waals surface area (Å²) in [5.41, 5.74) is 0. The molecule has 1 aromatic carbocycles. The van der Waals surface area contributed by atoms with Crippen LogP contribution < -0.4 is 15.4 Å². The molecule has 1 aliphatic heterocycles. The zero-order chi connectivity index (χ0) is 17.7. The van der Waals surface area contributed by atoms with Gasteiger partial charge in [0.2, 0.25) is 0 Å². The molecule has 1 heterocycles. The average Bonchev–Trinajstić information content (AvgIpc) is 2.87. The number of aliphatic carboxylic acids is 1. The predicted molar refractivity (Wildman–Crippen MR) is 89.9 cm³/mol. The first-order chi connectivity index (χ1) is 11.3. The summed E-state index contributed by atoms with van der Waals surface area (Å²) in [6.45, 7) is 3.34. The Morgan fingerprint density at radius 3 is 2.62 bits per heavy atom. The van der Waals surface area contributed by atoms with E-state index in [4.69, 9.17) is 4.74 Å². The standard InChI is InChI=1S/C16H20N2O5S/c1-16(2)13(15(21)22)18-14(24-16)11(8-19)17-12(20)9-23-10-6-4-3-5-7-10/h3-8,11,13-14,18H,9H2,1-2H3,(H,17,20)(H,21,22). The van der Waals surface area contributed by atoms with E-state index in [-0.39, 0.29) is 6.61 Å². The largest absolute Gasteiger partial charge is 0.484 e. The van der Waals surface area contributed by atoms with Crippen LogP contribution in [0.3, 0.4) is 0 Å². The second-order valence-corrected chi connectivity index (χ2v) is 7.71. The minimum Gasteiger partial charge on any atom is -0.484 e. The highest BCUT2D eigenvalue weighted by Crippen LogP contribution is 2.38. The summed E-state index contributed by atoms with van der Waals surface area (Å²) in [5.74, 6) is -0.885. The molecule has 7 nitrogen and oxygen atoms in total. The number of carbonyl (C=O) groups is 3. The number of carboxylic acid groups (broad SMARTS) is 1. The van der Waals surface area contributed by atoms with Gasteiger partial charge in [-0.1, -0.05) is 18.2 Å². The molecule has 0 aliphatic carbocycles. The Balaban J connectivity index is 1.91. The molecule has 0 bridgehead atoms. The van der Waals surface area contributed by atoms with Crippen molar-refractivity contribution in [3.8, 4) is 5.75 Å². The number of amides is 1. The molecular weight excluding hydrogens is 332 g/mol. The Labute approximate surface area is 144 Å². The van der Waals surface area contributed by atoms with Gasteiger partial charge in [0.05, 0.1) is 5.37 Å². The number of nitrogens with one attached hydrogen (secondary N) is 2. The number of para-hydroxylation sites is 1. The molecule has 0 saturated carbocycles. The zero-order valence-corrected chi connectivity index (χ0v) is 14.2. The number of rotatable bonds is 7.